The number of aliphatic carboxylic acids is 1. The Morgan fingerprint density at radius 2 is 2.17 bits per heavy atom. The first-order chi connectivity index (χ1) is 8.56. The van der Waals surface area contributed by atoms with Gasteiger partial charge in [0.15, 0.2) is 5.76 Å². The summed E-state index contributed by atoms with van der Waals surface area (Å²) in [7, 11) is 0. The van der Waals surface area contributed by atoms with Crippen LogP contribution < -0.4 is 0 Å². The second kappa shape index (κ2) is 4.49. The molecule has 2 heterocycles. The lowest BCUT2D eigenvalue weighted by Crippen LogP contribution is -1.85. The van der Waals surface area contributed by atoms with E-state index in [1.54, 1.807) is 0 Å². The van der Waals surface area contributed by atoms with Crippen LogP contribution in [-0.4, -0.2) is 26.2 Å². The standard InChI is InChI=1S/C9H5N3O6/c13-8(14)4-2-6-10-11-9(18-6)5-1-3-7(17-5)12(15)16/h1-4H,(H,13,14)/b4-2+. The largest absolute Gasteiger partial charge is 0.478 e. The number of furan rings is 1. The average Bonchev–Trinajstić information content (AvgIpc) is 2.95. The highest BCUT2D eigenvalue weighted by molar-refractivity contribution is 5.84. The number of nitro groups is 1. The third kappa shape index (κ3) is 2.40. The molecule has 1 N–H and O–H groups in total. The molecule has 0 aliphatic heterocycles. The maximum atomic E-state index is 10.4. The van der Waals surface area contributed by atoms with Crippen LogP contribution >= 0.6 is 0 Å². The zero-order chi connectivity index (χ0) is 13.1. The van der Waals surface area contributed by atoms with Gasteiger partial charge in [0.25, 0.3) is 5.89 Å². The summed E-state index contributed by atoms with van der Waals surface area (Å²) in [5, 5.41) is 25.9. The van der Waals surface area contributed by atoms with Crippen LogP contribution in [0.5, 0.6) is 0 Å². The van der Waals surface area contributed by atoms with E-state index in [4.69, 9.17) is 13.9 Å². The molecule has 92 valence electrons. The molecule has 0 radical (unpaired) electrons. The lowest BCUT2D eigenvalue weighted by molar-refractivity contribution is -0.401. The van der Waals surface area contributed by atoms with Crippen LogP contribution in [0, 0.1) is 10.1 Å². The molecule has 0 atom stereocenters. The highest BCUT2D eigenvalue weighted by Crippen LogP contribution is 2.24. The molecule has 0 spiro atoms. The molecule has 0 aromatic carbocycles. The van der Waals surface area contributed by atoms with Crippen LogP contribution in [0.1, 0.15) is 5.89 Å². The molecule has 2 rings (SSSR count). The van der Waals surface area contributed by atoms with Crippen molar-refractivity contribution < 1.29 is 23.7 Å². The maximum Gasteiger partial charge on any atom is 0.433 e. The van der Waals surface area contributed by atoms with Gasteiger partial charge < -0.3 is 13.9 Å². The Hall–Kier alpha value is -2.97. The van der Waals surface area contributed by atoms with Gasteiger partial charge in [0.05, 0.1) is 6.07 Å². The Balaban J connectivity index is 2.23. The molecule has 2 aromatic rings. The molecule has 0 amide bonds. The Labute approximate surface area is 98.5 Å². The summed E-state index contributed by atoms with van der Waals surface area (Å²) in [4.78, 5) is 20.0. The molecule has 0 saturated heterocycles. The van der Waals surface area contributed by atoms with Crippen molar-refractivity contribution in [3.8, 4) is 11.7 Å². The SMILES string of the molecule is O=C(O)/C=C/c1nnc(-c2ccc([N+](=O)[O-])o2)o1. The van der Waals surface area contributed by atoms with Gasteiger partial charge in [-0.1, -0.05) is 0 Å². The Bertz CT molecular complexity index is 626. The van der Waals surface area contributed by atoms with Crippen molar-refractivity contribution in [1.29, 1.82) is 0 Å². The van der Waals surface area contributed by atoms with Gasteiger partial charge in [-0.3, -0.25) is 10.1 Å². The minimum absolute atomic E-state index is 0.0316. The summed E-state index contributed by atoms with van der Waals surface area (Å²) >= 11 is 0. The van der Waals surface area contributed by atoms with Gasteiger partial charge in [-0.15, -0.1) is 10.2 Å². The summed E-state index contributed by atoms with van der Waals surface area (Å²) in [6.45, 7) is 0. The number of aromatic nitrogens is 2. The van der Waals surface area contributed by atoms with E-state index in [0.29, 0.717) is 0 Å². The predicted molar refractivity (Wildman–Crippen MR) is 55.3 cm³/mol. The Kier molecular flexibility index (Phi) is 2.87. The van der Waals surface area contributed by atoms with Crippen molar-refractivity contribution in [2.75, 3.05) is 0 Å². The lowest BCUT2D eigenvalue weighted by Gasteiger charge is -1.85. The quantitative estimate of drug-likeness (QED) is 0.488. The first-order valence-corrected chi connectivity index (χ1v) is 4.55. The van der Waals surface area contributed by atoms with E-state index in [0.717, 1.165) is 18.2 Å². The number of carboxylic acids is 1. The minimum Gasteiger partial charge on any atom is -0.478 e. The van der Waals surface area contributed by atoms with Gasteiger partial charge in [0, 0.05) is 12.2 Å². The monoisotopic (exact) mass is 251 g/mol. The highest BCUT2D eigenvalue weighted by atomic mass is 16.6. The highest BCUT2D eigenvalue weighted by Gasteiger charge is 2.17. The van der Waals surface area contributed by atoms with E-state index in [1.807, 2.05) is 0 Å². The average molecular weight is 251 g/mol. The van der Waals surface area contributed by atoms with Gasteiger partial charge in [0.2, 0.25) is 5.89 Å². The summed E-state index contributed by atoms with van der Waals surface area (Å²) in [6.07, 6.45) is 1.91. The molecular weight excluding hydrogens is 246 g/mol. The molecule has 0 aliphatic carbocycles. The number of nitrogens with zero attached hydrogens (tertiary/aromatic N) is 3. The third-order valence-electron chi connectivity index (χ3n) is 1.79. The normalized spacial score (nSPS) is 10.9. The van der Waals surface area contributed by atoms with Gasteiger partial charge in [-0.25, -0.2) is 4.79 Å². The van der Waals surface area contributed by atoms with Gasteiger partial charge >= 0.3 is 11.9 Å². The van der Waals surface area contributed by atoms with Crippen molar-refractivity contribution in [1.82, 2.24) is 10.2 Å². The molecule has 9 nitrogen and oxygen atoms in total. The van der Waals surface area contributed by atoms with E-state index in [1.165, 1.54) is 6.07 Å². The van der Waals surface area contributed by atoms with Gasteiger partial charge in [0.1, 0.15) is 4.92 Å². The van der Waals surface area contributed by atoms with E-state index in [2.05, 4.69) is 10.2 Å². The topological polar surface area (TPSA) is 132 Å². The molecule has 0 unspecified atom stereocenters. The third-order valence-corrected chi connectivity index (χ3v) is 1.79. The molecule has 9 heteroatoms. The Morgan fingerprint density at radius 1 is 1.39 bits per heavy atom. The van der Waals surface area contributed by atoms with Crippen LogP contribution in [0.25, 0.3) is 17.7 Å². The molecule has 18 heavy (non-hydrogen) atoms. The molecule has 0 fully saturated rings. The summed E-state index contributed by atoms with van der Waals surface area (Å²) in [5.41, 5.74) is 0. The first-order valence-electron chi connectivity index (χ1n) is 4.55. The summed E-state index contributed by atoms with van der Waals surface area (Å²) < 4.78 is 9.86. The fraction of sp³-hybridized carbons (Fsp3) is 0. The zero-order valence-electron chi connectivity index (χ0n) is 8.64. The van der Waals surface area contributed by atoms with Crippen LogP contribution in [0.4, 0.5) is 5.88 Å². The number of carboxylic acid groups (broad SMARTS) is 1. The van der Waals surface area contributed by atoms with Crippen molar-refractivity contribution in [2.24, 2.45) is 0 Å². The minimum atomic E-state index is -1.16. The van der Waals surface area contributed by atoms with Crippen LogP contribution in [0.2, 0.25) is 0 Å². The fourth-order valence-electron chi connectivity index (χ4n) is 1.08. The first kappa shape index (κ1) is 11.5. The van der Waals surface area contributed by atoms with E-state index in [-0.39, 0.29) is 17.5 Å². The number of hydrogen-bond acceptors (Lipinski definition) is 7. The van der Waals surface area contributed by atoms with Crippen molar-refractivity contribution in [3.05, 3.63) is 34.2 Å². The number of hydrogen-bond donors (Lipinski definition) is 1. The zero-order valence-corrected chi connectivity index (χ0v) is 8.64. The second-order valence-corrected chi connectivity index (χ2v) is 3.01. The fourth-order valence-corrected chi connectivity index (χ4v) is 1.08. The van der Waals surface area contributed by atoms with Crippen molar-refractivity contribution >= 4 is 17.9 Å². The summed E-state index contributed by atoms with van der Waals surface area (Å²) in [5.74, 6) is -1.71. The molecule has 0 saturated carbocycles. The molecular formula is C9H5N3O6. The van der Waals surface area contributed by atoms with E-state index >= 15 is 0 Å². The van der Waals surface area contributed by atoms with Gasteiger partial charge in [-0.05, 0) is 6.07 Å². The molecule has 2 aromatic heterocycles. The van der Waals surface area contributed by atoms with Crippen molar-refractivity contribution in [2.45, 2.75) is 0 Å². The van der Waals surface area contributed by atoms with Crippen LogP contribution in [0.3, 0.4) is 0 Å². The van der Waals surface area contributed by atoms with Gasteiger partial charge in [-0.2, -0.15) is 0 Å². The van der Waals surface area contributed by atoms with Crippen LogP contribution in [-0.2, 0) is 4.79 Å². The molecule has 0 aliphatic rings. The van der Waals surface area contributed by atoms with Crippen LogP contribution in [0.15, 0.2) is 27.0 Å². The smallest absolute Gasteiger partial charge is 0.433 e. The lowest BCUT2D eigenvalue weighted by atomic mass is 10.4. The Morgan fingerprint density at radius 3 is 2.78 bits per heavy atom. The number of rotatable bonds is 4. The maximum absolute atomic E-state index is 10.4. The molecule has 0 bridgehead atoms. The second-order valence-electron chi connectivity index (χ2n) is 3.01. The summed E-state index contributed by atoms with van der Waals surface area (Å²) in [6, 6.07) is 2.45. The van der Waals surface area contributed by atoms with E-state index in [9.17, 15) is 14.9 Å². The predicted octanol–water partition coefficient (Wildman–Crippen LogP) is 1.34. The van der Waals surface area contributed by atoms with E-state index < -0.39 is 16.8 Å². The number of carbonyl (C=O) groups is 1. The van der Waals surface area contributed by atoms with Crippen molar-refractivity contribution in [3.63, 3.8) is 0 Å².